The highest BCUT2D eigenvalue weighted by molar-refractivity contribution is 6.04. The van der Waals surface area contributed by atoms with Crippen LogP contribution in [0.25, 0.3) is 0 Å². The van der Waals surface area contributed by atoms with Gasteiger partial charge in [0.15, 0.2) is 7.98 Å². The van der Waals surface area contributed by atoms with Crippen molar-refractivity contribution < 1.29 is 0 Å². The van der Waals surface area contributed by atoms with E-state index in [2.05, 4.69) is 6.92 Å². The van der Waals surface area contributed by atoms with Crippen LogP contribution in [0, 0.1) is 5.92 Å². The monoisotopic (exact) mass is 151 g/mol. The van der Waals surface area contributed by atoms with Crippen molar-refractivity contribution in [3.63, 3.8) is 0 Å². The van der Waals surface area contributed by atoms with Gasteiger partial charge in [-0.1, -0.05) is 26.2 Å². The fourth-order valence-corrected chi connectivity index (χ4v) is 1.95. The summed E-state index contributed by atoms with van der Waals surface area (Å²) in [6.45, 7) is 2.23. The lowest BCUT2D eigenvalue weighted by Crippen LogP contribution is -2.34. The van der Waals surface area contributed by atoms with Gasteiger partial charge in [0.1, 0.15) is 0 Å². The maximum Gasteiger partial charge on any atom is 0.182 e. The van der Waals surface area contributed by atoms with E-state index in [1.807, 2.05) is 11.9 Å². The second kappa shape index (κ2) is 4.15. The van der Waals surface area contributed by atoms with Crippen LogP contribution in [-0.2, 0) is 0 Å². The van der Waals surface area contributed by atoms with Crippen molar-refractivity contribution in [2.24, 2.45) is 5.92 Å². The normalized spacial score (nSPS) is 23.9. The van der Waals surface area contributed by atoms with E-state index < -0.39 is 0 Å². The third-order valence-electron chi connectivity index (χ3n) is 2.97. The molecule has 0 saturated heterocycles. The highest BCUT2D eigenvalue weighted by atomic mass is 15.0. The van der Waals surface area contributed by atoms with E-state index in [1.165, 1.54) is 32.1 Å². The van der Waals surface area contributed by atoms with Crippen molar-refractivity contribution in [2.75, 3.05) is 7.05 Å². The Morgan fingerprint density at radius 2 is 1.82 bits per heavy atom. The summed E-state index contributed by atoms with van der Waals surface area (Å²) in [6, 6.07) is 0.565. The van der Waals surface area contributed by atoms with Crippen LogP contribution in [0.5, 0.6) is 0 Å². The Hall–Kier alpha value is 0.0249. The van der Waals surface area contributed by atoms with Gasteiger partial charge in [0, 0.05) is 0 Å². The first-order valence-corrected chi connectivity index (χ1v) is 4.69. The van der Waals surface area contributed by atoms with Gasteiger partial charge in [0.05, 0.1) is 0 Å². The quantitative estimate of drug-likeness (QED) is 0.545. The first kappa shape index (κ1) is 9.12. The Morgan fingerprint density at radius 3 is 2.27 bits per heavy atom. The molecule has 0 aromatic rings. The van der Waals surface area contributed by atoms with Gasteiger partial charge in [-0.25, -0.2) is 0 Å². The lowest BCUT2D eigenvalue weighted by atomic mass is 9.83. The fourth-order valence-electron chi connectivity index (χ4n) is 1.95. The van der Waals surface area contributed by atoms with Crippen LogP contribution in [0.2, 0.25) is 0 Å². The molecule has 62 valence electrons. The lowest BCUT2D eigenvalue weighted by Gasteiger charge is -2.32. The largest absolute Gasteiger partial charge is 0.354 e. The van der Waals surface area contributed by atoms with Gasteiger partial charge in [-0.2, -0.15) is 0 Å². The average molecular weight is 151 g/mol. The molecular formula is C9H18BN. The van der Waals surface area contributed by atoms with Crippen molar-refractivity contribution in [1.29, 1.82) is 0 Å². The second-order valence-electron chi connectivity index (χ2n) is 3.80. The molecule has 0 aromatic heterocycles. The highest BCUT2D eigenvalue weighted by Crippen LogP contribution is 2.27. The molecule has 2 heteroatoms. The van der Waals surface area contributed by atoms with Gasteiger partial charge < -0.3 is 4.81 Å². The summed E-state index contributed by atoms with van der Waals surface area (Å²) in [5.74, 6) is 0.846. The average Bonchev–Trinajstić information content (AvgIpc) is 2.05. The molecule has 2 radical (unpaired) electrons. The van der Waals surface area contributed by atoms with Crippen LogP contribution in [0.1, 0.15) is 39.0 Å². The molecule has 0 bridgehead atoms. The zero-order valence-electron chi connectivity index (χ0n) is 7.71. The summed E-state index contributed by atoms with van der Waals surface area (Å²) < 4.78 is 0. The lowest BCUT2D eigenvalue weighted by molar-refractivity contribution is 0.231. The standard InChI is InChI=1S/C9H18BN/c1-8(11(2)10)9-6-4-3-5-7-9/h8-9H,3-7H2,1-2H3. The SMILES string of the molecule is [B]N(C)C(C)C1CCCCC1. The summed E-state index contributed by atoms with van der Waals surface area (Å²) in [5, 5.41) is 0. The zero-order valence-corrected chi connectivity index (χ0v) is 7.71. The number of rotatable bonds is 2. The molecule has 0 aliphatic heterocycles. The molecule has 1 fully saturated rings. The first-order valence-electron chi connectivity index (χ1n) is 4.69. The van der Waals surface area contributed by atoms with Crippen LogP contribution in [0.15, 0.2) is 0 Å². The molecule has 1 nitrogen and oxygen atoms in total. The molecule has 1 atom stereocenters. The van der Waals surface area contributed by atoms with E-state index in [4.69, 9.17) is 7.98 Å². The maximum absolute atomic E-state index is 5.70. The summed E-state index contributed by atoms with van der Waals surface area (Å²) in [5.41, 5.74) is 0. The minimum Gasteiger partial charge on any atom is -0.354 e. The van der Waals surface area contributed by atoms with Crippen molar-refractivity contribution in [2.45, 2.75) is 45.1 Å². The predicted molar refractivity (Wildman–Crippen MR) is 49.6 cm³/mol. The zero-order chi connectivity index (χ0) is 8.27. The van der Waals surface area contributed by atoms with Crippen molar-refractivity contribution in [1.82, 2.24) is 4.81 Å². The Balaban J connectivity index is 2.32. The Kier molecular flexibility index (Phi) is 3.44. The third-order valence-corrected chi connectivity index (χ3v) is 2.97. The van der Waals surface area contributed by atoms with E-state index in [-0.39, 0.29) is 0 Å². The summed E-state index contributed by atoms with van der Waals surface area (Å²) in [6.07, 6.45) is 6.99. The summed E-state index contributed by atoms with van der Waals surface area (Å²) in [4.78, 5) is 1.86. The van der Waals surface area contributed by atoms with Crippen LogP contribution < -0.4 is 0 Å². The minimum absolute atomic E-state index is 0.565. The Morgan fingerprint density at radius 1 is 1.27 bits per heavy atom. The molecule has 1 unspecified atom stereocenters. The van der Waals surface area contributed by atoms with Crippen molar-refractivity contribution >= 4 is 7.98 Å². The number of nitrogens with zero attached hydrogens (tertiary/aromatic N) is 1. The highest BCUT2D eigenvalue weighted by Gasteiger charge is 2.20. The maximum atomic E-state index is 5.70. The van der Waals surface area contributed by atoms with Crippen molar-refractivity contribution in [3.8, 4) is 0 Å². The van der Waals surface area contributed by atoms with Gasteiger partial charge in [-0.3, -0.25) is 0 Å². The third kappa shape index (κ3) is 2.51. The first-order chi connectivity index (χ1) is 5.22. The molecule has 11 heavy (non-hydrogen) atoms. The van der Waals surface area contributed by atoms with E-state index in [1.54, 1.807) is 0 Å². The predicted octanol–water partition coefficient (Wildman–Crippen LogP) is 1.97. The smallest absolute Gasteiger partial charge is 0.182 e. The summed E-state index contributed by atoms with van der Waals surface area (Å²) >= 11 is 0. The summed E-state index contributed by atoms with van der Waals surface area (Å²) in [7, 11) is 7.67. The van der Waals surface area contributed by atoms with Crippen LogP contribution in [0.3, 0.4) is 0 Å². The van der Waals surface area contributed by atoms with Gasteiger partial charge in [0.25, 0.3) is 0 Å². The van der Waals surface area contributed by atoms with Crippen molar-refractivity contribution in [3.05, 3.63) is 0 Å². The van der Waals surface area contributed by atoms with Gasteiger partial charge in [0.2, 0.25) is 0 Å². The van der Waals surface area contributed by atoms with Crippen LogP contribution >= 0.6 is 0 Å². The van der Waals surface area contributed by atoms with E-state index in [0.717, 1.165) is 5.92 Å². The molecule has 1 saturated carbocycles. The molecule has 0 spiro atoms. The molecule has 0 amide bonds. The Bertz CT molecular complexity index is 108. The topological polar surface area (TPSA) is 3.24 Å². The number of hydrogen-bond donors (Lipinski definition) is 0. The molecule has 0 N–H and O–H groups in total. The number of hydrogen-bond acceptors (Lipinski definition) is 1. The van der Waals surface area contributed by atoms with Crippen LogP contribution in [-0.4, -0.2) is 25.9 Å². The van der Waals surface area contributed by atoms with Crippen LogP contribution in [0.4, 0.5) is 0 Å². The molecule has 1 rings (SSSR count). The van der Waals surface area contributed by atoms with Gasteiger partial charge in [-0.15, -0.1) is 0 Å². The molecular weight excluding hydrogens is 133 g/mol. The molecule has 1 aliphatic rings. The molecule has 0 aromatic carbocycles. The fraction of sp³-hybridized carbons (Fsp3) is 1.00. The Labute approximate surface area is 71.6 Å². The van der Waals surface area contributed by atoms with Gasteiger partial charge in [-0.05, 0) is 31.8 Å². The molecule has 0 heterocycles. The van der Waals surface area contributed by atoms with E-state index in [0.29, 0.717) is 6.04 Å². The second-order valence-corrected chi connectivity index (χ2v) is 3.80. The minimum atomic E-state index is 0.565. The van der Waals surface area contributed by atoms with E-state index in [9.17, 15) is 0 Å². The van der Waals surface area contributed by atoms with Gasteiger partial charge >= 0.3 is 0 Å². The molecule has 1 aliphatic carbocycles. The van der Waals surface area contributed by atoms with E-state index >= 15 is 0 Å².